The van der Waals surface area contributed by atoms with Crippen LogP contribution in [0.2, 0.25) is 10.0 Å². The molecule has 2 aromatic rings. The van der Waals surface area contributed by atoms with Gasteiger partial charge in [-0.2, -0.15) is 0 Å². The van der Waals surface area contributed by atoms with Crippen molar-refractivity contribution < 1.29 is 14.1 Å². The number of hydrogen-bond donors (Lipinski definition) is 1. The Morgan fingerprint density at radius 2 is 2.04 bits per heavy atom. The zero-order valence-corrected chi connectivity index (χ0v) is 13.7. The van der Waals surface area contributed by atoms with Gasteiger partial charge in [-0.1, -0.05) is 28.4 Å². The van der Waals surface area contributed by atoms with Gasteiger partial charge in [0, 0.05) is 24.2 Å². The van der Waals surface area contributed by atoms with E-state index in [2.05, 4.69) is 10.5 Å². The number of amides is 2. The first-order valence-corrected chi connectivity index (χ1v) is 7.68. The molecule has 8 heteroatoms. The molecular weight excluding hydrogens is 341 g/mol. The summed E-state index contributed by atoms with van der Waals surface area (Å²) in [4.78, 5) is 25.8. The lowest BCUT2D eigenvalue weighted by Gasteiger charge is -2.37. The number of aromatic nitrogens is 1. The summed E-state index contributed by atoms with van der Waals surface area (Å²) in [7, 11) is 0. The normalized spacial score (nSPS) is 14.5. The van der Waals surface area contributed by atoms with Crippen LogP contribution in [-0.4, -0.2) is 35.0 Å². The monoisotopic (exact) mass is 353 g/mol. The second-order valence-electron chi connectivity index (χ2n) is 5.34. The third-order valence-electron chi connectivity index (χ3n) is 3.58. The van der Waals surface area contributed by atoms with E-state index in [4.69, 9.17) is 27.7 Å². The predicted octanol–water partition coefficient (Wildman–Crippen LogP) is 3.00. The van der Waals surface area contributed by atoms with Crippen molar-refractivity contribution in [1.29, 1.82) is 0 Å². The van der Waals surface area contributed by atoms with Crippen LogP contribution in [0.4, 0.5) is 5.69 Å². The van der Waals surface area contributed by atoms with Gasteiger partial charge in [0.1, 0.15) is 5.76 Å². The molecule has 120 valence electrons. The summed E-state index contributed by atoms with van der Waals surface area (Å²) in [5.74, 6) is -0.135. The summed E-state index contributed by atoms with van der Waals surface area (Å²) >= 11 is 11.8. The smallest absolute Gasteiger partial charge is 0.276 e. The molecule has 0 atom stereocenters. The number of rotatable bonds is 3. The molecule has 1 N–H and O–H groups in total. The fourth-order valence-electron chi connectivity index (χ4n) is 2.27. The molecule has 0 radical (unpaired) electrons. The summed E-state index contributed by atoms with van der Waals surface area (Å²) in [6, 6.07) is 6.42. The lowest BCUT2D eigenvalue weighted by Crippen LogP contribution is -2.54. The number of anilines is 1. The van der Waals surface area contributed by atoms with Crippen LogP contribution in [0, 0.1) is 12.8 Å². The van der Waals surface area contributed by atoms with E-state index in [1.54, 1.807) is 36.1 Å². The number of nitrogens with zero attached hydrogens (tertiary/aromatic N) is 2. The first kappa shape index (κ1) is 15.8. The van der Waals surface area contributed by atoms with Crippen molar-refractivity contribution in [2.24, 2.45) is 5.92 Å². The number of likely N-dealkylation sites (tertiary alicyclic amines) is 1. The van der Waals surface area contributed by atoms with Gasteiger partial charge in [0.15, 0.2) is 5.69 Å². The summed E-state index contributed by atoms with van der Waals surface area (Å²) in [5, 5.41) is 7.29. The third-order valence-corrected chi connectivity index (χ3v) is 4.12. The van der Waals surface area contributed by atoms with Crippen molar-refractivity contribution in [2.45, 2.75) is 6.92 Å². The highest BCUT2D eigenvalue weighted by atomic mass is 35.5. The molecule has 2 amide bonds. The Bertz CT molecular complexity index is 769. The predicted molar refractivity (Wildman–Crippen MR) is 85.7 cm³/mol. The molecule has 1 fully saturated rings. The van der Waals surface area contributed by atoms with Gasteiger partial charge in [0.25, 0.3) is 5.91 Å². The maximum absolute atomic E-state index is 12.2. The Balaban J connectivity index is 1.56. The molecule has 23 heavy (non-hydrogen) atoms. The summed E-state index contributed by atoms with van der Waals surface area (Å²) < 4.78 is 4.88. The molecule has 1 aromatic heterocycles. The van der Waals surface area contributed by atoms with E-state index in [0.717, 1.165) is 0 Å². The fourth-order valence-corrected chi connectivity index (χ4v) is 2.72. The number of carbonyl (C=O) groups is 2. The molecule has 0 spiro atoms. The summed E-state index contributed by atoms with van der Waals surface area (Å²) in [6.45, 7) is 2.38. The minimum Gasteiger partial charge on any atom is -0.361 e. The van der Waals surface area contributed by atoms with Crippen LogP contribution in [0.1, 0.15) is 16.2 Å². The lowest BCUT2D eigenvalue weighted by atomic mass is 9.98. The SMILES string of the molecule is Cc1cc(C(=O)N2CC(C(=O)Nc3ccc(Cl)cc3Cl)C2)no1. The Labute approximate surface area is 142 Å². The van der Waals surface area contributed by atoms with Crippen LogP contribution in [0.15, 0.2) is 28.8 Å². The van der Waals surface area contributed by atoms with E-state index >= 15 is 0 Å². The van der Waals surface area contributed by atoms with Gasteiger partial charge < -0.3 is 14.7 Å². The molecule has 6 nitrogen and oxygen atoms in total. The third kappa shape index (κ3) is 3.33. The minimum atomic E-state index is -0.279. The standard InChI is InChI=1S/C15H13Cl2N3O3/c1-8-4-13(19-23-8)15(22)20-6-9(7-20)14(21)18-12-3-2-10(16)5-11(12)17/h2-5,9H,6-7H2,1H3,(H,18,21). The van der Waals surface area contributed by atoms with Crippen LogP contribution in [-0.2, 0) is 4.79 Å². The van der Waals surface area contributed by atoms with Gasteiger partial charge in [-0.05, 0) is 25.1 Å². The van der Waals surface area contributed by atoms with Crippen molar-refractivity contribution in [3.8, 4) is 0 Å². The number of halogens is 2. The summed E-state index contributed by atoms with van der Waals surface area (Å²) in [6.07, 6.45) is 0. The van der Waals surface area contributed by atoms with E-state index < -0.39 is 0 Å². The van der Waals surface area contributed by atoms with Crippen LogP contribution in [0.5, 0.6) is 0 Å². The highest BCUT2D eigenvalue weighted by Crippen LogP contribution is 2.27. The number of benzene rings is 1. The molecule has 3 rings (SSSR count). The zero-order valence-electron chi connectivity index (χ0n) is 12.2. The fraction of sp³-hybridized carbons (Fsp3) is 0.267. The highest BCUT2D eigenvalue weighted by Gasteiger charge is 2.37. The largest absolute Gasteiger partial charge is 0.361 e. The van der Waals surface area contributed by atoms with Crippen LogP contribution in [0.25, 0.3) is 0 Å². The Morgan fingerprint density at radius 1 is 1.30 bits per heavy atom. The van der Waals surface area contributed by atoms with E-state index in [1.165, 1.54) is 0 Å². The maximum Gasteiger partial charge on any atom is 0.276 e. The number of carbonyl (C=O) groups excluding carboxylic acids is 2. The van der Waals surface area contributed by atoms with E-state index in [1.807, 2.05) is 0 Å². The zero-order chi connectivity index (χ0) is 16.6. The number of hydrogen-bond acceptors (Lipinski definition) is 4. The van der Waals surface area contributed by atoms with Crippen LogP contribution in [0.3, 0.4) is 0 Å². The van der Waals surface area contributed by atoms with Crippen LogP contribution >= 0.6 is 23.2 Å². The quantitative estimate of drug-likeness (QED) is 0.920. The van der Waals surface area contributed by atoms with Crippen molar-refractivity contribution in [3.63, 3.8) is 0 Å². The van der Waals surface area contributed by atoms with Gasteiger partial charge >= 0.3 is 0 Å². The van der Waals surface area contributed by atoms with Gasteiger partial charge in [-0.15, -0.1) is 0 Å². The first-order chi connectivity index (χ1) is 10.9. The molecular formula is C15H13Cl2N3O3. The van der Waals surface area contributed by atoms with Crippen molar-refractivity contribution in [2.75, 3.05) is 18.4 Å². The Hall–Kier alpha value is -2.05. The maximum atomic E-state index is 12.2. The molecule has 1 saturated heterocycles. The average molecular weight is 354 g/mol. The topological polar surface area (TPSA) is 75.4 Å². The summed E-state index contributed by atoms with van der Waals surface area (Å²) in [5.41, 5.74) is 0.750. The van der Waals surface area contributed by atoms with Crippen molar-refractivity contribution >= 4 is 40.7 Å². The molecule has 1 aliphatic rings. The Kier molecular flexibility index (Phi) is 4.28. The van der Waals surface area contributed by atoms with E-state index in [0.29, 0.717) is 34.6 Å². The highest BCUT2D eigenvalue weighted by molar-refractivity contribution is 6.36. The van der Waals surface area contributed by atoms with Crippen LogP contribution < -0.4 is 5.32 Å². The van der Waals surface area contributed by atoms with Gasteiger partial charge in [-0.25, -0.2) is 0 Å². The second kappa shape index (κ2) is 6.22. The molecule has 0 unspecified atom stereocenters. The minimum absolute atomic E-state index is 0.186. The molecule has 1 aromatic carbocycles. The molecule has 0 saturated carbocycles. The molecule has 1 aliphatic heterocycles. The van der Waals surface area contributed by atoms with E-state index in [9.17, 15) is 9.59 Å². The first-order valence-electron chi connectivity index (χ1n) is 6.92. The Morgan fingerprint density at radius 3 is 2.65 bits per heavy atom. The molecule has 0 bridgehead atoms. The number of nitrogens with one attached hydrogen (secondary N) is 1. The number of aryl methyl sites for hydroxylation is 1. The van der Waals surface area contributed by atoms with Gasteiger partial charge in [0.2, 0.25) is 5.91 Å². The second-order valence-corrected chi connectivity index (χ2v) is 6.19. The van der Waals surface area contributed by atoms with Crippen molar-refractivity contribution in [3.05, 3.63) is 45.8 Å². The van der Waals surface area contributed by atoms with Gasteiger partial charge in [0.05, 0.1) is 16.6 Å². The van der Waals surface area contributed by atoms with E-state index in [-0.39, 0.29) is 23.4 Å². The average Bonchev–Trinajstić information content (AvgIpc) is 2.87. The van der Waals surface area contributed by atoms with Gasteiger partial charge in [-0.3, -0.25) is 9.59 Å². The molecule has 2 heterocycles. The lowest BCUT2D eigenvalue weighted by molar-refractivity contribution is -0.123. The molecule has 0 aliphatic carbocycles. The van der Waals surface area contributed by atoms with Crippen molar-refractivity contribution in [1.82, 2.24) is 10.1 Å².